The minimum Gasteiger partial charge on any atom is -0.508 e. The molecule has 1 fully saturated rings. The predicted octanol–water partition coefficient (Wildman–Crippen LogP) is 3.84. The normalized spacial score (nSPS) is 23.5. The monoisotopic (exact) mass is 265 g/mol. The Bertz CT molecular complexity index is 379. The van der Waals surface area contributed by atoms with Crippen LogP contribution in [0.2, 0.25) is 0 Å². The number of hydrogen-bond acceptors (Lipinski definition) is 2. The van der Waals surface area contributed by atoms with Gasteiger partial charge >= 0.3 is 0 Å². The number of phenols is 1. The van der Waals surface area contributed by atoms with Crippen LogP contribution in [0, 0.1) is 17.7 Å². The van der Waals surface area contributed by atoms with Crippen LogP contribution in [0.1, 0.15) is 44.6 Å². The predicted molar refractivity (Wildman–Crippen MR) is 75.5 cm³/mol. The highest BCUT2D eigenvalue weighted by Crippen LogP contribution is 2.29. The van der Waals surface area contributed by atoms with Crippen molar-refractivity contribution in [3.8, 4) is 5.75 Å². The molecule has 1 aromatic rings. The lowest BCUT2D eigenvalue weighted by Gasteiger charge is -2.26. The molecule has 2 rings (SSSR count). The summed E-state index contributed by atoms with van der Waals surface area (Å²) < 4.78 is 13.1. The minimum atomic E-state index is -0.377. The summed E-state index contributed by atoms with van der Waals surface area (Å²) in [4.78, 5) is 0. The van der Waals surface area contributed by atoms with E-state index in [-0.39, 0.29) is 11.6 Å². The maximum Gasteiger partial charge on any atom is 0.127 e. The Balaban J connectivity index is 1.66. The molecule has 1 saturated carbocycles. The lowest BCUT2D eigenvalue weighted by Crippen LogP contribution is -2.20. The molecular weight excluding hydrogens is 241 g/mol. The van der Waals surface area contributed by atoms with Gasteiger partial charge in [0.15, 0.2) is 0 Å². The molecule has 0 atom stereocenters. The van der Waals surface area contributed by atoms with Gasteiger partial charge in [-0.3, -0.25) is 0 Å². The van der Waals surface area contributed by atoms with Crippen LogP contribution in [-0.4, -0.2) is 11.7 Å². The van der Waals surface area contributed by atoms with Crippen LogP contribution in [0.4, 0.5) is 4.39 Å². The molecule has 0 heterocycles. The molecule has 0 amide bonds. The van der Waals surface area contributed by atoms with E-state index in [1.165, 1.54) is 38.2 Å². The van der Waals surface area contributed by atoms with E-state index in [2.05, 4.69) is 12.2 Å². The third-order valence-electron chi connectivity index (χ3n) is 4.14. The number of rotatable bonds is 5. The van der Waals surface area contributed by atoms with E-state index in [0.29, 0.717) is 6.54 Å². The maximum atomic E-state index is 13.1. The number of benzene rings is 1. The Hall–Kier alpha value is -1.09. The van der Waals surface area contributed by atoms with E-state index >= 15 is 0 Å². The number of hydrogen-bond donors (Lipinski definition) is 2. The Kier molecular flexibility index (Phi) is 5.20. The van der Waals surface area contributed by atoms with Crippen molar-refractivity contribution in [1.29, 1.82) is 0 Å². The number of nitrogens with one attached hydrogen (secondary N) is 1. The highest BCUT2D eigenvalue weighted by atomic mass is 19.1. The first-order valence-electron chi connectivity index (χ1n) is 7.32. The molecule has 0 saturated heterocycles. The van der Waals surface area contributed by atoms with Gasteiger partial charge in [-0.25, -0.2) is 4.39 Å². The molecule has 0 spiro atoms. The van der Waals surface area contributed by atoms with Gasteiger partial charge in [0, 0.05) is 12.6 Å². The molecule has 2 nitrogen and oxygen atoms in total. The number of halogens is 1. The van der Waals surface area contributed by atoms with Crippen LogP contribution in [0.5, 0.6) is 5.75 Å². The van der Waals surface area contributed by atoms with Gasteiger partial charge in [-0.05, 0) is 42.5 Å². The first-order chi connectivity index (χ1) is 9.13. The third-order valence-corrected chi connectivity index (χ3v) is 4.14. The SMILES string of the molecule is CC1CCC(CCNCc2cc(O)cc(F)c2)CC1. The zero-order valence-electron chi connectivity index (χ0n) is 11.7. The highest BCUT2D eigenvalue weighted by Gasteiger charge is 2.17. The Morgan fingerprint density at radius 2 is 1.95 bits per heavy atom. The van der Waals surface area contributed by atoms with Crippen molar-refractivity contribution in [2.75, 3.05) is 6.54 Å². The second-order valence-corrected chi connectivity index (χ2v) is 5.91. The fourth-order valence-corrected chi connectivity index (χ4v) is 2.89. The van der Waals surface area contributed by atoms with Crippen LogP contribution in [-0.2, 0) is 6.54 Å². The van der Waals surface area contributed by atoms with Crippen molar-refractivity contribution < 1.29 is 9.50 Å². The van der Waals surface area contributed by atoms with Gasteiger partial charge in [-0.15, -0.1) is 0 Å². The summed E-state index contributed by atoms with van der Waals surface area (Å²) in [5.41, 5.74) is 0.801. The molecule has 106 valence electrons. The quantitative estimate of drug-likeness (QED) is 0.793. The highest BCUT2D eigenvalue weighted by molar-refractivity contribution is 5.28. The van der Waals surface area contributed by atoms with E-state index in [1.54, 1.807) is 6.07 Å². The van der Waals surface area contributed by atoms with Crippen molar-refractivity contribution in [2.24, 2.45) is 11.8 Å². The average Bonchev–Trinajstić information content (AvgIpc) is 2.36. The van der Waals surface area contributed by atoms with Crippen molar-refractivity contribution in [1.82, 2.24) is 5.32 Å². The topological polar surface area (TPSA) is 32.3 Å². The zero-order chi connectivity index (χ0) is 13.7. The van der Waals surface area contributed by atoms with E-state index in [1.807, 2.05) is 0 Å². The number of phenolic OH excluding ortho intramolecular Hbond substituents is 1. The fraction of sp³-hybridized carbons (Fsp3) is 0.625. The van der Waals surface area contributed by atoms with Gasteiger partial charge in [-0.1, -0.05) is 32.6 Å². The van der Waals surface area contributed by atoms with Gasteiger partial charge in [0.2, 0.25) is 0 Å². The Labute approximate surface area is 115 Å². The lowest BCUT2D eigenvalue weighted by molar-refractivity contribution is 0.275. The van der Waals surface area contributed by atoms with Crippen molar-refractivity contribution in [3.05, 3.63) is 29.6 Å². The summed E-state index contributed by atoms with van der Waals surface area (Å²) in [5.74, 6) is 1.38. The van der Waals surface area contributed by atoms with E-state index in [4.69, 9.17) is 0 Å². The first-order valence-corrected chi connectivity index (χ1v) is 7.32. The van der Waals surface area contributed by atoms with Gasteiger partial charge in [0.05, 0.1) is 0 Å². The smallest absolute Gasteiger partial charge is 0.127 e. The number of aromatic hydroxyl groups is 1. The molecule has 1 aromatic carbocycles. The van der Waals surface area contributed by atoms with Gasteiger partial charge < -0.3 is 10.4 Å². The first kappa shape index (κ1) is 14.3. The summed E-state index contributed by atoms with van der Waals surface area (Å²) in [5, 5.41) is 12.6. The maximum absolute atomic E-state index is 13.1. The fourth-order valence-electron chi connectivity index (χ4n) is 2.89. The summed E-state index contributed by atoms with van der Waals surface area (Å²) in [7, 11) is 0. The van der Waals surface area contributed by atoms with E-state index < -0.39 is 0 Å². The van der Waals surface area contributed by atoms with Crippen molar-refractivity contribution in [2.45, 2.75) is 45.6 Å². The molecule has 0 bridgehead atoms. The van der Waals surface area contributed by atoms with Gasteiger partial charge in [0.1, 0.15) is 11.6 Å². The molecule has 2 N–H and O–H groups in total. The van der Waals surface area contributed by atoms with E-state index in [9.17, 15) is 9.50 Å². The summed E-state index contributed by atoms with van der Waals surface area (Å²) in [6.45, 7) is 3.93. The summed E-state index contributed by atoms with van der Waals surface area (Å²) >= 11 is 0. The Morgan fingerprint density at radius 1 is 1.21 bits per heavy atom. The zero-order valence-corrected chi connectivity index (χ0v) is 11.7. The lowest BCUT2D eigenvalue weighted by atomic mass is 9.81. The molecule has 0 unspecified atom stereocenters. The van der Waals surface area contributed by atoms with Crippen LogP contribution in [0.15, 0.2) is 18.2 Å². The standard InChI is InChI=1S/C16H24FNO/c1-12-2-4-13(5-3-12)6-7-18-11-14-8-15(17)10-16(19)9-14/h8-10,12-13,18-19H,2-7,11H2,1H3. The molecule has 0 aromatic heterocycles. The van der Waals surface area contributed by atoms with Crippen LogP contribution >= 0.6 is 0 Å². The Morgan fingerprint density at radius 3 is 2.63 bits per heavy atom. The van der Waals surface area contributed by atoms with E-state index in [0.717, 1.165) is 30.0 Å². The van der Waals surface area contributed by atoms with Crippen LogP contribution in [0.3, 0.4) is 0 Å². The van der Waals surface area contributed by atoms with Crippen molar-refractivity contribution >= 4 is 0 Å². The summed E-state index contributed by atoms with van der Waals surface area (Å²) in [6, 6.07) is 4.21. The van der Waals surface area contributed by atoms with Crippen LogP contribution in [0.25, 0.3) is 0 Å². The molecule has 0 aliphatic heterocycles. The molecule has 3 heteroatoms. The molecule has 1 aliphatic rings. The van der Waals surface area contributed by atoms with Gasteiger partial charge in [0.25, 0.3) is 0 Å². The average molecular weight is 265 g/mol. The molecule has 0 radical (unpaired) electrons. The molecule has 1 aliphatic carbocycles. The van der Waals surface area contributed by atoms with Crippen LogP contribution < -0.4 is 5.32 Å². The largest absolute Gasteiger partial charge is 0.508 e. The minimum absolute atomic E-state index is 0.00179. The second-order valence-electron chi connectivity index (χ2n) is 5.91. The molecule has 19 heavy (non-hydrogen) atoms. The second kappa shape index (κ2) is 6.90. The molecular formula is C16H24FNO. The third kappa shape index (κ3) is 4.83. The summed E-state index contributed by atoms with van der Waals surface area (Å²) in [6.07, 6.45) is 6.63. The van der Waals surface area contributed by atoms with Gasteiger partial charge in [-0.2, -0.15) is 0 Å². The van der Waals surface area contributed by atoms with Crippen molar-refractivity contribution in [3.63, 3.8) is 0 Å².